The number of carbonyl (C=O) groups excluding carboxylic acids is 1. The Labute approximate surface area is 107 Å². The highest BCUT2D eigenvalue weighted by molar-refractivity contribution is 6.37. The number of aromatic hydroxyl groups is 1. The van der Waals surface area contributed by atoms with E-state index in [0.717, 1.165) is 12.1 Å². The van der Waals surface area contributed by atoms with E-state index in [-0.39, 0.29) is 22.7 Å². The largest absolute Gasteiger partial charge is 0.508 e. The molecule has 4 heteroatoms. The first kappa shape index (κ1) is 11.6. The Morgan fingerprint density at radius 2 is 1.74 bits per heavy atom. The molecule has 0 unspecified atom stereocenters. The topological polar surface area (TPSA) is 37.3 Å². The fourth-order valence-electron chi connectivity index (χ4n) is 2.14. The van der Waals surface area contributed by atoms with Crippen molar-refractivity contribution in [1.29, 1.82) is 0 Å². The number of phenolic OH excluding ortho intramolecular Hbond substituents is 1. The van der Waals surface area contributed by atoms with Gasteiger partial charge in [0.05, 0.1) is 0 Å². The van der Waals surface area contributed by atoms with Crippen LogP contribution in [-0.4, -0.2) is 10.9 Å². The molecule has 3 rings (SSSR count). The van der Waals surface area contributed by atoms with E-state index < -0.39 is 11.6 Å². The van der Waals surface area contributed by atoms with Gasteiger partial charge in [0.2, 0.25) is 0 Å². The van der Waals surface area contributed by atoms with Crippen LogP contribution in [0.4, 0.5) is 8.78 Å². The maximum atomic E-state index is 13.7. The fraction of sp³-hybridized carbons (Fsp3) is 0. The number of benzene rings is 2. The van der Waals surface area contributed by atoms with Gasteiger partial charge in [-0.1, -0.05) is 6.07 Å². The van der Waals surface area contributed by atoms with Gasteiger partial charge in [0.1, 0.15) is 17.4 Å². The van der Waals surface area contributed by atoms with Crippen LogP contribution in [0, 0.1) is 11.6 Å². The van der Waals surface area contributed by atoms with Gasteiger partial charge in [-0.15, -0.1) is 0 Å². The summed E-state index contributed by atoms with van der Waals surface area (Å²) >= 11 is 0. The van der Waals surface area contributed by atoms with Crippen LogP contribution in [-0.2, 0) is 0 Å². The highest BCUT2D eigenvalue weighted by atomic mass is 19.1. The molecule has 0 bridgehead atoms. The summed E-state index contributed by atoms with van der Waals surface area (Å²) in [5.41, 5.74) is 1.15. The highest BCUT2D eigenvalue weighted by Crippen LogP contribution is 2.34. The van der Waals surface area contributed by atoms with Crippen molar-refractivity contribution in [1.82, 2.24) is 0 Å². The van der Waals surface area contributed by atoms with E-state index in [0.29, 0.717) is 11.1 Å². The minimum Gasteiger partial charge on any atom is -0.508 e. The van der Waals surface area contributed by atoms with Crippen LogP contribution in [0.25, 0.3) is 11.6 Å². The predicted molar refractivity (Wildman–Crippen MR) is 66.7 cm³/mol. The van der Waals surface area contributed by atoms with E-state index in [1.807, 2.05) is 0 Å². The zero-order valence-electron chi connectivity index (χ0n) is 9.65. The standard InChI is InChI=1S/C15H8F2O2/c16-9-2-4-11(14(17)6-9)13-5-8-1-3-10(18)7-12(8)15(13)19/h1-7,18H. The zero-order chi connectivity index (χ0) is 13.6. The Bertz CT molecular complexity index is 733. The number of allylic oxidation sites excluding steroid dienone is 1. The highest BCUT2D eigenvalue weighted by Gasteiger charge is 2.25. The fourth-order valence-corrected chi connectivity index (χ4v) is 2.14. The first-order valence-corrected chi connectivity index (χ1v) is 5.61. The van der Waals surface area contributed by atoms with Gasteiger partial charge in [0.25, 0.3) is 0 Å². The number of phenols is 1. The Morgan fingerprint density at radius 3 is 2.47 bits per heavy atom. The number of carbonyl (C=O) groups is 1. The maximum absolute atomic E-state index is 13.7. The summed E-state index contributed by atoms with van der Waals surface area (Å²) in [6.45, 7) is 0. The lowest BCUT2D eigenvalue weighted by Crippen LogP contribution is -2.00. The summed E-state index contributed by atoms with van der Waals surface area (Å²) in [6, 6.07) is 7.45. The summed E-state index contributed by atoms with van der Waals surface area (Å²) in [4.78, 5) is 12.1. The molecule has 19 heavy (non-hydrogen) atoms. The Hall–Kier alpha value is -2.49. The van der Waals surface area contributed by atoms with E-state index in [1.165, 1.54) is 24.3 Å². The average molecular weight is 258 g/mol. The van der Waals surface area contributed by atoms with Crippen LogP contribution in [0.3, 0.4) is 0 Å². The van der Waals surface area contributed by atoms with E-state index >= 15 is 0 Å². The minimum atomic E-state index is -0.781. The normalized spacial score (nSPS) is 13.4. The number of fused-ring (bicyclic) bond motifs is 1. The molecular weight excluding hydrogens is 250 g/mol. The zero-order valence-corrected chi connectivity index (χ0v) is 9.65. The SMILES string of the molecule is O=C1C(c2ccc(F)cc2F)=Cc2ccc(O)cc21. The third-order valence-corrected chi connectivity index (χ3v) is 3.05. The average Bonchev–Trinajstić information content (AvgIpc) is 2.67. The van der Waals surface area contributed by atoms with Gasteiger partial charge >= 0.3 is 0 Å². The number of halogens is 2. The van der Waals surface area contributed by atoms with Crippen molar-refractivity contribution < 1.29 is 18.7 Å². The molecule has 0 aromatic heterocycles. The molecule has 2 aromatic rings. The molecule has 0 heterocycles. The summed E-state index contributed by atoms with van der Waals surface area (Å²) in [7, 11) is 0. The molecule has 0 amide bonds. The summed E-state index contributed by atoms with van der Waals surface area (Å²) in [6.07, 6.45) is 1.54. The number of Topliss-reactive ketones (excluding diaryl/α,β-unsaturated/α-hetero) is 1. The van der Waals surface area contributed by atoms with Crippen LogP contribution < -0.4 is 0 Å². The van der Waals surface area contributed by atoms with Gasteiger partial charge in [0.15, 0.2) is 5.78 Å². The predicted octanol–water partition coefficient (Wildman–Crippen LogP) is 3.41. The molecule has 0 saturated carbocycles. The molecule has 0 radical (unpaired) electrons. The first-order valence-electron chi connectivity index (χ1n) is 5.61. The van der Waals surface area contributed by atoms with E-state index in [9.17, 15) is 18.7 Å². The molecule has 0 fully saturated rings. The number of hydrogen-bond acceptors (Lipinski definition) is 2. The summed E-state index contributed by atoms with van der Waals surface area (Å²) in [5.74, 6) is -1.88. The van der Waals surface area contributed by atoms with Gasteiger partial charge in [-0.3, -0.25) is 4.79 Å². The van der Waals surface area contributed by atoms with Crippen LogP contribution in [0.15, 0.2) is 36.4 Å². The van der Waals surface area contributed by atoms with E-state index in [4.69, 9.17) is 0 Å². The second kappa shape index (κ2) is 4.02. The molecule has 1 N–H and O–H groups in total. The molecule has 0 spiro atoms. The molecule has 2 nitrogen and oxygen atoms in total. The lowest BCUT2D eigenvalue weighted by Gasteiger charge is -2.03. The monoisotopic (exact) mass is 258 g/mol. The number of ketones is 1. The van der Waals surface area contributed by atoms with E-state index in [2.05, 4.69) is 0 Å². The molecular formula is C15H8F2O2. The van der Waals surface area contributed by atoms with Crippen LogP contribution in [0.2, 0.25) is 0 Å². The number of rotatable bonds is 1. The van der Waals surface area contributed by atoms with Crippen molar-refractivity contribution in [2.24, 2.45) is 0 Å². The van der Waals surface area contributed by atoms with Gasteiger partial charge < -0.3 is 5.11 Å². The van der Waals surface area contributed by atoms with Crippen molar-refractivity contribution in [3.05, 3.63) is 64.7 Å². The number of hydrogen-bond donors (Lipinski definition) is 1. The minimum absolute atomic E-state index is 0.0265. The Kier molecular flexibility index (Phi) is 2.45. The van der Waals surface area contributed by atoms with E-state index in [1.54, 1.807) is 6.07 Å². The third kappa shape index (κ3) is 1.81. The first-order chi connectivity index (χ1) is 9.06. The van der Waals surface area contributed by atoms with Crippen LogP contribution in [0.1, 0.15) is 21.5 Å². The molecule has 1 aliphatic carbocycles. The second-order valence-electron chi connectivity index (χ2n) is 4.28. The molecule has 0 saturated heterocycles. The van der Waals surface area contributed by atoms with Gasteiger partial charge in [-0.2, -0.15) is 0 Å². The lowest BCUT2D eigenvalue weighted by atomic mass is 10.0. The molecule has 2 aromatic carbocycles. The Morgan fingerprint density at radius 1 is 0.947 bits per heavy atom. The van der Waals surface area contributed by atoms with Crippen LogP contribution >= 0.6 is 0 Å². The van der Waals surface area contributed by atoms with Crippen molar-refractivity contribution in [3.8, 4) is 5.75 Å². The lowest BCUT2D eigenvalue weighted by molar-refractivity contribution is 0.105. The van der Waals surface area contributed by atoms with Crippen molar-refractivity contribution in [2.45, 2.75) is 0 Å². The van der Waals surface area contributed by atoms with Gasteiger partial charge in [-0.25, -0.2) is 8.78 Å². The molecule has 0 aliphatic heterocycles. The van der Waals surface area contributed by atoms with Crippen molar-refractivity contribution >= 4 is 17.4 Å². The molecule has 0 atom stereocenters. The van der Waals surface area contributed by atoms with Crippen LogP contribution in [0.5, 0.6) is 5.75 Å². The maximum Gasteiger partial charge on any atom is 0.194 e. The third-order valence-electron chi connectivity index (χ3n) is 3.05. The van der Waals surface area contributed by atoms with Crippen molar-refractivity contribution in [3.63, 3.8) is 0 Å². The van der Waals surface area contributed by atoms with Gasteiger partial charge in [0, 0.05) is 22.8 Å². The summed E-state index contributed by atoms with van der Waals surface area (Å²) in [5, 5.41) is 9.36. The summed E-state index contributed by atoms with van der Waals surface area (Å²) < 4.78 is 26.6. The molecule has 1 aliphatic rings. The second-order valence-corrected chi connectivity index (χ2v) is 4.28. The Balaban J connectivity index is 2.12. The van der Waals surface area contributed by atoms with Crippen molar-refractivity contribution in [2.75, 3.05) is 0 Å². The van der Waals surface area contributed by atoms with Gasteiger partial charge in [-0.05, 0) is 35.9 Å². The quantitative estimate of drug-likeness (QED) is 0.851. The smallest absolute Gasteiger partial charge is 0.194 e. The molecule has 94 valence electrons.